The van der Waals surface area contributed by atoms with Gasteiger partial charge in [-0.05, 0) is 18.2 Å². The molecule has 6 heteroatoms. The van der Waals surface area contributed by atoms with E-state index in [-0.39, 0.29) is 22.4 Å². The van der Waals surface area contributed by atoms with Crippen molar-refractivity contribution in [3.8, 4) is 41.7 Å². The summed E-state index contributed by atoms with van der Waals surface area (Å²) >= 11 is 0. The number of nitrogens with two attached hydrogens (primary N) is 1. The Kier molecular flexibility index (Phi) is 4.25. The monoisotopic (exact) mass is 267 g/mol. The number of nitrogens with zero attached hydrogens (tertiary/aromatic N) is 2. The van der Waals surface area contributed by atoms with Gasteiger partial charge in [0.05, 0.1) is 11.3 Å². The summed E-state index contributed by atoms with van der Waals surface area (Å²) in [5.74, 6) is 0.157. The number of rotatable bonds is 2. The maximum absolute atomic E-state index is 9.40. The van der Waals surface area contributed by atoms with E-state index in [1.165, 1.54) is 0 Å². The number of phenolic OH excluding ortho intramolecular Hbond substituents is 3. The van der Waals surface area contributed by atoms with Crippen LogP contribution < -0.4 is 5.73 Å². The summed E-state index contributed by atoms with van der Waals surface area (Å²) in [5.41, 5.74) is 5.43. The molecule has 0 aliphatic carbocycles. The number of hydrogen-bond acceptors (Lipinski definition) is 6. The van der Waals surface area contributed by atoms with Crippen LogP contribution in [0, 0.1) is 35.0 Å². The largest absolute Gasteiger partial charge is 0.504 e. The van der Waals surface area contributed by atoms with Gasteiger partial charge >= 0.3 is 0 Å². The molecule has 0 atom stereocenters. The first-order valence-electron chi connectivity index (χ1n) is 5.18. The van der Waals surface area contributed by atoms with E-state index in [1.54, 1.807) is 12.1 Å². The number of nitriles is 2. The molecule has 0 saturated carbocycles. The normalized spacial score (nSPS) is 11.8. The molecule has 0 unspecified atom stereocenters. The Morgan fingerprint density at radius 3 is 2.10 bits per heavy atom. The molecule has 0 amide bonds. The number of aromatic hydroxyl groups is 3. The zero-order valence-electron chi connectivity index (χ0n) is 10.1. The minimum Gasteiger partial charge on any atom is -0.504 e. The highest BCUT2D eigenvalue weighted by molar-refractivity contribution is 5.82. The Morgan fingerprint density at radius 2 is 1.70 bits per heavy atom. The molecule has 0 fully saturated rings. The van der Waals surface area contributed by atoms with Crippen LogP contribution in [-0.4, -0.2) is 15.3 Å². The van der Waals surface area contributed by atoms with Crippen LogP contribution in [0.3, 0.4) is 0 Å². The molecule has 1 aromatic carbocycles. The van der Waals surface area contributed by atoms with E-state index in [0.29, 0.717) is 0 Å². The molecule has 0 aliphatic rings. The molecular weight excluding hydrogens is 258 g/mol. The molecule has 98 valence electrons. The van der Waals surface area contributed by atoms with Crippen molar-refractivity contribution < 1.29 is 15.3 Å². The average Bonchev–Trinajstić information content (AvgIpc) is 2.42. The van der Waals surface area contributed by atoms with Gasteiger partial charge in [0.2, 0.25) is 0 Å². The molecule has 0 radical (unpaired) electrons. The molecule has 0 aliphatic heterocycles. The summed E-state index contributed by atoms with van der Waals surface area (Å²) in [4.78, 5) is 0. The van der Waals surface area contributed by atoms with Crippen LogP contribution in [0.5, 0.6) is 17.2 Å². The lowest BCUT2D eigenvalue weighted by atomic mass is 10.0. The number of terminal acetylenes is 1. The van der Waals surface area contributed by atoms with E-state index in [0.717, 1.165) is 18.2 Å². The van der Waals surface area contributed by atoms with E-state index in [9.17, 15) is 15.3 Å². The molecule has 0 saturated heterocycles. The molecule has 5 N–H and O–H groups in total. The van der Waals surface area contributed by atoms with Gasteiger partial charge in [-0.15, -0.1) is 6.42 Å². The van der Waals surface area contributed by atoms with Gasteiger partial charge in [-0.1, -0.05) is 5.92 Å². The smallest absolute Gasteiger partial charge is 0.200 e. The molecule has 1 aromatic rings. The number of phenols is 3. The zero-order valence-corrected chi connectivity index (χ0v) is 10.1. The Labute approximate surface area is 114 Å². The standard InChI is InChI=1S/C14H9N3O3/c1-2-8(6-15)3-11(17)10(7-16)9-4-12(18)14(20)13(19)5-9/h1,3-5,18-20H,17H2/b8-3-,11-10-. The number of allylic oxidation sites excluding steroid dienone is 3. The Bertz CT molecular complexity index is 701. The SMILES string of the molecule is C#C/C(C#N)=C/C(N)=C(\C#N)c1cc(O)c(O)c(O)c1. The maximum Gasteiger partial charge on any atom is 0.200 e. The van der Waals surface area contributed by atoms with Gasteiger partial charge < -0.3 is 21.1 Å². The molecule has 0 heterocycles. The minimum absolute atomic E-state index is 0.0726. The molecule has 20 heavy (non-hydrogen) atoms. The van der Waals surface area contributed by atoms with Gasteiger partial charge in [-0.3, -0.25) is 0 Å². The fourth-order valence-corrected chi connectivity index (χ4v) is 1.38. The van der Waals surface area contributed by atoms with Gasteiger partial charge in [0.1, 0.15) is 17.7 Å². The van der Waals surface area contributed by atoms with Gasteiger partial charge in [-0.25, -0.2) is 0 Å². The lowest BCUT2D eigenvalue weighted by Gasteiger charge is -2.06. The third-order valence-electron chi connectivity index (χ3n) is 2.33. The van der Waals surface area contributed by atoms with E-state index in [4.69, 9.17) is 22.7 Å². The number of benzene rings is 1. The van der Waals surface area contributed by atoms with Gasteiger partial charge in [0.25, 0.3) is 0 Å². The summed E-state index contributed by atoms with van der Waals surface area (Å²) < 4.78 is 0. The van der Waals surface area contributed by atoms with Gasteiger partial charge in [0.15, 0.2) is 17.2 Å². The molecule has 0 spiro atoms. The van der Waals surface area contributed by atoms with Crippen LogP contribution in [0.15, 0.2) is 29.5 Å². The lowest BCUT2D eigenvalue weighted by Crippen LogP contribution is -1.99. The number of hydrogen-bond donors (Lipinski definition) is 4. The van der Waals surface area contributed by atoms with Crippen molar-refractivity contribution in [2.75, 3.05) is 0 Å². The van der Waals surface area contributed by atoms with E-state index in [2.05, 4.69) is 5.92 Å². The van der Waals surface area contributed by atoms with Crippen molar-refractivity contribution in [2.45, 2.75) is 0 Å². The average molecular weight is 267 g/mol. The molecular formula is C14H9N3O3. The third-order valence-corrected chi connectivity index (χ3v) is 2.33. The zero-order chi connectivity index (χ0) is 15.3. The predicted molar refractivity (Wildman–Crippen MR) is 70.7 cm³/mol. The fraction of sp³-hybridized carbons (Fsp3) is 0. The lowest BCUT2D eigenvalue weighted by molar-refractivity contribution is 0.367. The first-order chi connectivity index (χ1) is 9.44. The third kappa shape index (κ3) is 2.81. The van der Waals surface area contributed by atoms with Crippen molar-refractivity contribution in [3.05, 3.63) is 35.0 Å². The maximum atomic E-state index is 9.40. The van der Waals surface area contributed by atoms with Crippen molar-refractivity contribution in [3.63, 3.8) is 0 Å². The van der Waals surface area contributed by atoms with E-state index >= 15 is 0 Å². The van der Waals surface area contributed by atoms with Crippen LogP contribution in [0.25, 0.3) is 5.57 Å². The Hall–Kier alpha value is -3.56. The second-order valence-corrected chi connectivity index (χ2v) is 3.62. The van der Waals surface area contributed by atoms with Crippen LogP contribution in [0.1, 0.15) is 5.56 Å². The van der Waals surface area contributed by atoms with Crippen molar-refractivity contribution in [1.29, 1.82) is 10.5 Å². The molecule has 6 nitrogen and oxygen atoms in total. The second-order valence-electron chi connectivity index (χ2n) is 3.62. The highest BCUT2D eigenvalue weighted by Crippen LogP contribution is 2.37. The molecule has 0 aromatic heterocycles. The van der Waals surface area contributed by atoms with Crippen molar-refractivity contribution in [1.82, 2.24) is 0 Å². The van der Waals surface area contributed by atoms with Crippen LogP contribution in [0.2, 0.25) is 0 Å². The summed E-state index contributed by atoms with van der Waals surface area (Å²) in [5, 5.41) is 45.8. The summed E-state index contributed by atoms with van der Waals surface area (Å²) in [6.45, 7) is 0. The van der Waals surface area contributed by atoms with Crippen LogP contribution in [-0.2, 0) is 0 Å². The summed E-state index contributed by atoms with van der Waals surface area (Å²) in [6, 6.07) is 5.58. The highest BCUT2D eigenvalue weighted by atomic mass is 16.3. The summed E-state index contributed by atoms with van der Waals surface area (Å²) in [7, 11) is 0. The molecule has 1 rings (SSSR count). The highest BCUT2D eigenvalue weighted by Gasteiger charge is 2.13. The summed E-state index contributed by atoms with van der Waals surface area (Å²) in [6.07, 6.45) is 6.19. The molecule has 0 bridgehead atoms. The first kappa shape index (κ1) is 14.5. The van der Waals surface area contributed by atoms with Crippen molar-refractivity contribution >= 4 is 5.57 Å². The fourth-order valence-electron chi connectivity index (χ4n) is 1.38. The van der Waals surface area contributed by atoms with E-state index in [1.807, 2.05) is 0 Å². The van der Waals surface area contributed by atoms with Crippen LogP contribution >= 0.6 is 0 Å². The predicted octanol–water partition coefficient (Wildman–Crippen LogP) is 1.08. The van der Waals surface area contributed by atoms with E-state index < -0.39 is 17.2 Å². The van der Waals surface area contributed by atoms with Crippen LogP contribution in [0.4, 0.5) is 0 Å². The van der Waals surface area contributed by atoms with Gasteiger partial charge in [0, 0.05) is 5.56 Å². The second kappa shape index (κ2) is 5.86. The minimum atomic E-state index is -0.707. The topological polar surface area (TPSA) is 134 Å². The Balaban J connectivity index is 3.50. The van der Waals surface area contributed by atoms with Crippen molar-refractivity contribution in [2.24, 2.45) is 5.73 Å². The Morgan fingerprint density at radius 1 is 1.15 bits per heavy atom. The van der Waals surface area contributed by atoms with Gasteiger partial charge in [-0.2, -0.15) is 10.5 Å². The first-order valence-corrected chi connectivity index (χ1v) is 5.18. The quantitative estimate of drug-likeness (QED) is 0.274.